The highest BCUT2D eigenvalue weighted by molar-refractivity contribution is 9.10. The summed E-state index contributed by atoms with van der Waals surface area (Å²) < 4.78 is 2.49. The predicted molar refractivity (Wildman–Crippen MR) is 109 cm³/mol. The molecule has 0 saturated heterocycles. The molecule has 0 fully saturated rings. The average Bonchev–Trinajstić information content (AvgIpc) is 3.00. The summed E-state index contributed by atoms with van der Waals surface area (Å²) >= 11 is 12.8. The number of amides is 2. The van der Waals surface area contributed by atoms with Gasteiger partial charge in [0.2, 0.25) is 0 Å². The van der Waals surface area contributed by atoms with Crippen LogP contribution in [0.5, 0.6) is 0 Å². The second-order valence-corrected chi connectivity index (χ2v) is 7.58. The molecule has 0 saturated carbocycles. The number of rotatable bonds is 4. The third-order valence-electron chi connectivity index (χ3n) is 3.70. The SMILES string of the molecule is Cc1ccc(Cl)c(C(N)=O)c1NC(=O)c1cc(Br)nn1-c1ncccc1Br. The number of aromatic nitrogens is 3. The Morgan fingerprint density at radius 2 is 2.00 bits per heavy atom. The summed E-state index contributed by atoms with van der Waals surface area (Å²) in [6, 6.07) is 8.32. The second kappa shape index (κ2) is 7.79. The van der Waals surface area contributed by atoms with Crippen LogP contribution in [0.1, 0.15) is 26.4 Å². The zero-order valence-corrected chi connectivity index (χ0v) is 17.8. The largest absolute Gasteiger partial charge is 0.365 e. The number of hydrogen-bond donors (Lipinski definition) is 2. The third-order valence-corrected chi connectivity index (χ3v) is 5.02. The first kappa shape index (κ1) is 19.5. The lowest BCUT2D eigenvalue weighted by Gasteiger charge is -2.14. The minimum Gasteiger partial charge on any atom is -0.365 e. The monoisotopic (exact) mass is 511 g/mol. The summed E-state index contributed by atoms with van der Waals surface area (Å²) in [6.45, 7) is 1.74. The zero-order chi connectivity index (χ0) is 19.7. The number of aryl methyl sites for hydroxylation is 1. The van der Waals surface area contributed by atoms with Crippen LogP contribution in [-0.2, 0) is 0 Å². The molecule has 2 amide bonds. The lowest BCUT2D eigenvalue weighted by Crippen LogP contribution is -2.22. The van der Waals surface area contributed by atoms with Crippen LogP contribution in [0.3, 0.4) is 0 Å². The van der Waals surface area contributed by atoms with Crippen molar-refractivity contribution in [3.05, 3.63) is 67.4 Å². The van der Waals surface area contributed by atoms with Crippen LogP contribution < -0.4 is 11.1 Å². The van der Waals surface area contributed by atoms with Gasteiger partial charge in [0.25, 0.3) is 11.8 Å². The number of carbonyl (C=O) groups is 2. The Balaban J connectivity index is 2.07. The molecule has 0 radical (unpaired) electrons. The summed E-state index contributed by atoms with van der Waals surface area (Å²) in [5.41, 5.74) is 6.58. The summed E-state index contributed by atoms with van der Waals surface area (Å²) in [5.74, 6) is -0.800. The van der Waals surface area contributed by atoms with E-state index in [0.717, 1.165) is 0 Å². The number of halogens is 3. The second-order valence-electron chi connectivity index (χ2n) is 5.51. The van der Waals surface area contributed by atoms with Gasteiger partial charge in [0, 0.05) is 12.3 Å². The molecule has 7 nitrogen and oxygen atoms in total. The van der Waals surface area contributed by atoms with E-state index in [-0.39, 0.29) is 22.0 Å². The highest BCUT2D eigenvalue weighted by Crippen LogP contribution is 2.29. The van der Waals surface area contributed by atoms with E-state index in [0.29, 0.717) is 20.5 Å². The Labute approximate surface area is 176 Å². The Morgan fingerprint density at radius 1 is 1.26 bits per heavy atom. The fourth-order valence-corrected chi connectivity index (χ4v) is 3.52. The molecule has 0 aliphatic carbocycles. The maximum absolute atomic E-state index is 12.9. The molecule has 10 heteroatoms. The number of pyridine rings is 1. The van der Waals surface area contributed by atoms with Gasteiger partial charge in [-0.25, -0.2) is 9.67 Å². The topological polar surface area (TPSA) is 103 Å². The first-order valence-electron chi connectivity index (χ1n) is 7.56. The van der Waals surface area contributed by atoms with Gasteiger partial charge in [0.05, 0.1) is 20.7 Å². The van der Waals surface area contributed by atoms with E-state index in [2.05, 4.69) is 47.3 Å². The van der Waals surface area contributed by atoms with E-state index in [1.165, 1.54) is 4.68 Å². The molecule has 2 heterocycles. The van der Waals surface area contributed by atoms with Crippen molar-refractivity contribution in [3.8, 4) is 5.82 Å². The number of anilines is 1. The number of primary amides is 1. The molecular formula is C17H12Br2ClN5O2. The molecule has 0 aliphatic rings. The molecule has 0 bridgehead atoms. The van der Waals surface area contributed by atoms with Gasteiger partial charge in [-0.2, -0.15) is 5.10 Å². The maximum atomic E-state index is 12.9. The predicted octanol–water partition coefficient (Wildman–Crippen LogP) is 4.11. The van der Waals surface area contributed by atoms with E-state index in [9.17, 15) is 9.59 Å². The minimum absolute atomic E-state index is 0.0502. The zero-order valence-electron chi connectivity index (χ0n) is 13.8. The Bertz CT molecular complexity index is 1070. The van der Waals surface area contributed by atoms with Gasteiger partial charge in [-0.3, -0.25) is 9.59 Å². The Hall–Kier alpha value is -2.23. The molecular weight excluding hydrogens is 501 g/mol. The number of carbonyl (C=O) groups excluding carboxylic acids is 2. The van der Waals surface area contributed by atoms with Crippen LogP contribution in [0.25, 0.3) is 5.82 Å². The molecule has 0 atom stereocenters. The van der Waals surface area contributed by atoms with E-state index in [4.69, 9.17) is 17.3 Å². The van der Waals surface area contributed by atoms with Crippen LogP contribution in [0.15, 0.2) is 45.6 Å². The molecule has 27 heavy (non-hydrogen) atoms. The number of nitrogens with zero attached hydrogens (tertiary/aromatic N) is 3. The van der Waals surface area contributed by atoms with Gasteiger partial charge < -0.3 is 11.1 Å². The number of hydrogen-bond acceptors (Lipinski definition) is 4. The molecule has 2 aromatic heterocycles. The lowest BCUT2D eigenvalue weighted by atomic mass is 10.1. The summed E-state index contributed by atoms with van der Waals surface area (Å²) in [6.07, 6.45) is 1.59. The van der Waals surface area contributed by atoms with E-state index in [1.807, 2.05) is 0 Å². The van der Waals surface area contributed by atoms with Gasteiger partial charge in [-0.1, -0.05) is 17.7 Å². The third kappa shape index (κ3) is 3.90. The average molecular weight is 514 g/mol. The van der Waals surface area contributed by atoms with E-state index >= 15 is 0 Å². The highest BCUT2D eigenvalue weighted by Gasteiger charge is 2.22. The van der Waals surface area contributed by atoms with Crippen molar-refractivity contribution in [2.45, 2.75) is 6.92 Å². The van der Waals surface area contributed by atoms with Gasteiger partial charge in [0.1, 0.15) is 10.3 Å². The first-order chi connectivity index (χ1) is 12.8. The van der Waals surface area contributed by atoms with Crippen molar-refractivity contribution in [1.82, 2.24) is 14.8 Å². The molecule has 0 unspecified atom stereocenters. The minimum atomic E-state index is -0.735. The Morgan fingerprint density at radius 3 is 2.67 bits per heavy atom. The highest BCUT2D eigenvalue weighted by atomic mass is 79.9. The van der Waals surface area contributed by atoms with Crippen molar-refractivity contribution in [3.63, 3.8) is 0 Å². The van der Waals surface area contributed by atoms with Crippen LogP contribution >= 0.6 is 43.5 Å². The van der Waals surface area contributed by atoms with Crippen LogP contribution in [0, 0.1) is 6.92 Å². The number of nitrogens with one attached hydrogen (secondary N) is 1. The summed E-state index contributed by atoms with van der Waals surface area (Å²) in [5, 5.41) is 7.13. The number of benzene rings is 1. The van der Waals surface area contributed by atoms with Crippen molar-refractivity contribution >= 4 is 61.0 Å². The lowest BCUT2D eigenvalue weighted by molar-refractivity contribution is 0.100. The standard InChI is InChI=1S/C17H12Br2ClN5O2/c1-8-4-5-10(20)13(15(21)26)14(8)23-17(27)11-7-12(19)24-25(11)16-9(18)3-2-6-22-16/h2-7H,1H3,(H2,21,26)(H,23,27). The maximum Gasteiger partial charge on any atom is 0.274 e. The molecule has 3 aromatic rings. The van der Waals surface area contributed by atoms with Gasteiger partial charge in [0.15, 0.2) is 5.82 Å². The molecule has 138 valence electrons. The van der Waals surface area contributed by atoms with Gasteiger partial charge in [-0.05, 0) is 62.5 Å². The number of nitrogens with two attached hydrogens (primary N) is 1. The molecule has 3 rings (SSSR count). The normalized spacial score (nSPS) is 10.7. The van der Waals surface area contributed by atoms with Crippen molar-refractivity contribution in [2.24, 2.45) is 5.73 Å². The molecule has 3 N–H and O–H groups in total. The van der Waals surface area contributed by atoms with E-state index in [1.54, 1.807) is 43.5 Å². The van der Waals surface area contributed by atoms with Gasteiger partial charge in [-0.15, -0.1) is 0 Å². The molecule has 0 aliphatic heterocycles. The van der Waals surface area contributed by atoms with Crippen LogP contribution in [-0.4, -0.2) is 26.6 Å². The van der Waals surface area contributed by atoms with Crippen molar-refractivity contribution in [1.29, 1.82) is 0 Å². The van der Waals surface area contributed by atoms with Crippen LogP contribution in [0.2, 0.25) is 5.02 Å². The smallest absolute Gasteiger partial charge is 0.274 e. The van der Waals surface area contributed by atoms with Crippen molar-refractivity contribution in [2.75, 3.05) is 5.32 Å². The van der Waals surface area contributed by atoms with Crippen LogP contribution in [0.4, 0.5) is 5.69 Å². The molecule has 1 aromatic carbocycles. The fourth-order valence-electron chi connectivity index (χ4n) is 2.47. The summed E-state index contributed by atoms with van der Waals surface area (Å²) in [4.78, 5) is 29.0. The van der Waals surface area contributed by atoms with Gasteiger partial charge >= 0.3 is 0 Å². The Kier molecular flexibility index (Phi) is 5.64. The van der Waals surface area contributed by atoms with E-state index < -0.39 is 11.8 Å². The fraction of sp³-hybridized carbons (Fsp3) is 0.0588. The quantitative estimate of drug-likeness (QED) is 0.548. The first-order valence-corrected chi connectivity index (χ1v) is 9.52. The summed E-state index contributed by atoms with van der Waals surface area (Å²) in [7, 11) is 0. The van der Waals surface area contributed by atoms with Crippen molar-refractivity contribution < 1.29 is 9.59 Å². The molecule has 0 spiro atoms.